The Morgan fingerprint density at radius 1 is 1.31 bits per heavy atom. The van der Waals surface area contributed by atoms with E-state index in [2.05, 4.69) is 15.3 Å². The Balaban J connectivity index is 1.97. The van der Waals surface area contributed by atoms with Crippen LogP contribution >= 0.6 is 0 Å². The van der Waals surface area contributed by atoms with Crippen molar-refractivity contribution in [2.45, 2.75) is 18.9 Å². The highest BCUT2D eigenvalue weighted by Crippen LogP contribution is 2.16. The lowest BCUT2D eigenvalue weighted by molar-refractivity contribution is 0.559. The Kier molecular flexibility index (Phi) is 2.95. The van der Waals surface area contributed by atoms with E-state index in [-0.39, 0.29) is 17.5 Å². The monoisotopic (exact) mass is 242 g/mol. The Hall–Kier alpha value is -1.37. The van der Waals surface area contributed by atoms with Gasteiger partial charge in [0.2, 0.25) is 0 Å². The van der Waals surface area contributed by atoms with Crippen molar-refractivity contribution in [1.82, 2.24) is 9.97 Å². The van der Waals surface area contributed by atoms with Crippen LogP contribution in [0.1, 0.15) is 12.8 Å². The van der Waals surface area contributed by atoms with E-state index in [1.807, 2.05) is 0 Å². The first-order valence-corrected chi connectivity index (χ1v) is 6.92. The summed E-state index contributed by atoms with van der Waals surface area (Å²) in [5, 5.41) is 3.16. The standard InChI is InChI=1S/C9H14N4O2S/c10-8-5-9(12-6-11-8)13-7-1-3-16(14,15)4-2-7/h5-7H,1-4H2,(H3,10,11,12,13). The van der Waals surface area contributed by atoms with Gasteiger partial charge in [0.25, 0.3) is 0 Å². The van der Waals surface area contributed by atoms with Crippen molar-refractivity contribution < 1.29 is 8.42 Å². The van der Waals surface area contributed by atoms with Gasteiger partial charge >= 0.3 is 0 Å². The first-order chi connectivity index (χ1) is 7.55. The molecule has 16 heavy (non-hydrogen) atoms. The minimum atomic E-state index is -2.81. The average molecular weight is 242 g/mol. The molecule has 0 atom stereocenters. The van der Waals surface area contributed by atoms with Crippen LogP contribution < -0.4 is 11.1 Å². The molecule has 0 saturated carbocycles. The van der Waals surface area contributed by atoms with E-state index >= 15 is 0 Å². The van der Waals surface area contributed by atoms with Crippen LogP contribution in [0.25, 0.3) is 0 Å². The first kappa shape index (κ1) is 11.1. The second kappa shape index (κ2) is 4.25. The third-order valence-electron chi connectivity index (χ3n) is 2.59. The summed E-state index contributed by atoms with van der Waals surface area (Å²) in [7, 11) is -2.81. The molecule has 6 nitrogen and oxygen atoms in total. The van der Waals surface area contributed by atoms with Gasteiger partial charge < -0.3 is 11.1 Å². The van der Waals surface area contributed by atoms with Crippen LogP contribution in [-0.4, -0.2) is 35.9 Å². The van der Waals surface area contributed by atoms with Crippen LogP contribution in [0.15, 0.2) is 12.4 Å². The molecule has 0 bridgehead atoms. The number of hydrogen-bond donors (Lipinski definition) is 2. The van der Waals surface area contributed by atoms with E-state index < -0.39 is 9.84 Å². The zero-order chi connectivity index (χ0) is 11.6. The molecule has 0 amide bonds. The summed E-state index contributed by atoms with van der Waals surface area (Å²) in [6.45, 7) is 0. The smallest absolute Gasteiger partial charge is 0.150 e. The number of nitrogens with one attached hydrogen (secondary N) is 1. The van der Waals surface area contributed by atoms with Crippen LogP contribution in [-0.2, 0) is 9.84 Å². The topological polar surface area (TPSA) is 98.0 Å². The summed E-state index contributed by atoms with van der Waals surface area (Å²) in [5.41, 5.74) is 5.52. The molecule has 88 valence electrons. The van der Waals surface area contributed by atoms with Gasteiger partial charge in [-0.1, -0.05) is 0 Å². The lowest BCUT2D eigenvalue weighted by atomic mass is 10.1. The summed E-state index contributed by atoms with van der Waals surface area (Å²) in [4.78, 5) is 7.81. The Morgan fingerprint density at radius 3 is 2.62 bits per heavy atom. The van der Waals surface area contributed by atoms with Gasteiger partial charge in [-0.05, 0) is 12.8 Å². The lowest BCUT2D eigenvalue weighted by Crippen LogP contribution is -2.32. The third-order valence-corrected chi connectivity index (χ3v) is 4.31. The summed E-state index contributed by atoms with van der Waals surface area (Å²) < 4.78 is 22.5. The number of nitrogen functional groups attached to an aromatic ring is 1. The molecule has 1 aromatic rings. The number of nitrogens with two attached hydrogens (primary N) is 1. The average Bonchev–Trinajstić information content (AvgIpc) is 2.21. The van der Waals surface area contributed by atoms with Gasteiger partial charge in [-0.3, -0.25) is 0 Å². The first-order valence-electron chi connectivity index (χ1n) is 5.10. The highest BCUT2D eigenvalue weighted by molar-refractivity contribution is 7.91. The SMILES string of the molecule is Nc1cc(NC2CCS(=O)(=O)CC2)ncn1. The summed E-state index contributed by atoms with van der Waals surface area (Å²) in [6, 6.07) is 1.79. The molecule has 3 N–H and O–H groups in total. The molecule has 0 radical (unpaired) electrons. The molecule has 1 saturated heterocycles. The van der Waals surface area contributed by atoms with E-state index in [1.165, 1.54) is 6.33 Å². The number of sulfone groups is 1. The lowest BCUT2D eigenvalue weighted by Gasteiger charge is -2.23. The van der Waals surface area contributed by atoms with Gasteiger partial charge in [0.1, 0.15) is 27.8 Å². The van der Waals surface area contributed by atoms with Crippen molar-refractivity contribution >= 4 is 21.5 Å². The fourth-order valence-corrected chi connectivity index (χ4v) is 3.19. The molecular weight excluding hydrogens is 228 g/mol. The highest BCUT2D eigenvalue weighted by atomic mass is 32.2. The van der Waals surface area contributed by atoms with Gasteiger partial charge in [-0.2, -0.15) is 0 Å². The second-order valence-corrected chi connectivity index (χ2v) is 6.20. The summed E-state index contributed by atoms with van der Waals surface area (Å²) in [5.74, 6) is 1.54. The molecule has 0 spiro atoms. The van der Waals surface area contributed by atoms with Gasteiger partial charge in [-0.15, -0.1) is 0 Å². The number of anilines is 2. The Labute approximate surface area is 94.2 Å². The third kappa shape index (κ3) is 2.82. The van der Waals surface area contributed by atoms with Crippen molar-refractivity contribution in [2.24, 2.45) is 0 Å². The molecule has 1 fully saturated rings. The van der Waals surface area contributed by atoms with Gasteiger partial charge in [0.15, 0.2) is 0 Å². The second-order valence-electron chi connectivity index (χ2n) is 3.90. The van der Waals surface area contributed by atoms with Crippen LogP contribution in [0.5, 0.6) is 0 Å². The van der Waals surface area contributed by atoms with Gasteiger partial charge in [0, 0.05) is 12.1 Å². The van der Waals surface area contributed by atoms with Crippen molar-refractivity contribution in [3.63, 3.8) is 0 Å². The summed E-state index contributed by atoms with van der Waals surface area (Å²) >= 11 is 0. The summed E-state index contributed by atoms with van der Waals surface area (Å²) in [6.07, 6.45) is 2.62. The van der Waals surface area contributed by atoms with E-state index in [4.69, 9.17) is 5.73 Å². The maximum Gasteiger partial charge on any atom is 0.150 e. The van der Waals surface area contributed by atoms with Crippen molar-refractivity contribution in [2.75, 3.05) is 22.6 Å². The Bertz CT molecular complexity index is 460. The maximum absolute atomic E-state index is 11.2. The minimum Gasteiger partial charge on any atom is -0.384 e. The Morgan fingerprint density at radius 2 is 2.00 bits per heavy atom. The minimum absolute atomic E-state index is 0.151. The van der Waals surface area contributed by atoms with E-state index in [0.29, 0.717) is 24.5 Å². The molecule has 0 aliphatic carbocycles. The van der Waals surface area contributed by atoms with Gasteiger partial charge in [0.05, 0.1) is 11.5 Å². The molecule has 2 rings (SSSR count). The highest BCUT2D eigenvalue weighted by Gasteiger charge is 2.23. The van der Waals surface area contributed by atoms with E-state index in [9.17, 15) is 8.42 Å². The largest absolute Gasteiger partial charge is 0.384 e. The van der Waals surface area contributed by atoms with Crippen LogP contribution in [0.3, 0.4) is 0 Å². The molecule has 1 aliphatic heterocycles. The fourth-order valence-electron chi connectivity index (χ4n) is 1.69. The zero-order valence-electron chi connectivity index (χ0n) is 8.76. The normalized spacial score (nSPS) is 20.5. The maximum atomic E-state index is 11.2. The number of aromatic nitrogens is 2. The zero-order valence-corrected chi connectivity index (χ0v) is 9.57. The fraction of sp³-hybridized carbons (Fsp3) is 0.556. The molecule has 2 heterocycles. The van der Waals surface area contributed by atoms with Gasteiger partial charge in [-0.25, -0.2) is 18.4 Å². The predicted octanol–water partition coefficient (Wildman–Crippen LogP) is 0.0479. The number of nitrogens with zero attached hydrogens (tertiary/aromatic N) is 2. The predicted molar refractivity (Wildman–Crippen MR) is 61.7 cm³/mol. The molecule has 1 aromatic heterocycles. The number of rotatable bonds is 2. The van der Waals surface area contributed by atoms with Crippen LogP contribution in [0, 0.1) is 0 Å². The molecule has 0 unspecified atom stereocenters. The van der Waals surface area contributed by atoms with Crippen molar-refractivity contribution in [3.8, 4) is 0 Å². The van der Waals surface area contributed by atoms with Crippen molar-refractivity contribution in [1.29, 1.82) is 0 Å². The molecule has 1 aliphatic rings. The van der Waals surface area contributed by atoms with Crippen LogP contribution in [0.4, 0.5) is 11.6 Å². The van der Waals surface area contributed by atoms with Crippen molar-refractivity contribution in [3.05, 3.63) is 12.4 Å². The molecule has 7 heteroatoms. The molecular formula is C9H14N4O2S. The molecule has 0 aromatic carbocycles. The van der Waals surface area contributed by atoms with Crippen LogP contribution in [0.2, 0.25) is 0 Å². The van der Waals surface area contributed by atoms with E-state index in [0.717, 1.165) is 0 Å². The van der Waals surface area contributed by atoms with E-state index in [1.54, 1.807) is 6.07 Å². The quantitative estimate of drug-likeness (QED) is 0.760. The number of hydrogen-bond acceptors (Lipinski definition) is 6.